The number of alkyl halides is 1. The number of ether oxygens (including phenoxy) is 4. The number of allylic oxidation sites excluding steroid dienone is 6. The van der Waals surface area contributed by atoms with Gasteiger partial charge in [0.25, 0.3) is 0 Å². The molecule has 0 aromatic rings. The van der Waals surface area contributed by atoms with Gasteiger partial charge in [-0.05, 0) is 54.5 Å². The Hall–Kier alpha value is -2.85. The summed E-state index contributed by atoms with van der Waals surface area (Å²) in [6.45, 7) is 0. The SMILES string of the molecule is COC(=O)C(N)CS.COC(=O)C1CS(=O)C2=C(CCCC2=O)N1.COC(=O)C1CSC2=C(CCCC2=O)N1.COC1=C(Br)C(=O)CCC1.O=C1CCCC(=O)C1Br. The standard InChI is InChI=1S/C10H13NO4S.C10H13NO3S.C7H9BrO2.C6H7BrO2.C4H9NO2S/c1-15-10(13)7-5-16(14)9-6(11-7)3-2-4-8(9)12;1-14-10(13)7-5-15-9-6(11-7)3-2-4-8(9)12;1-10-6-4-2-3-5(9)7(6)8;7-6-4(8)2-1-3-5(6)9;1-7-4(6)3(5)2-8/h7,11H,2-5H2,1H3;7,11H,2-5H2,1H3;2-4H2,1H3;6H,1-3H2;3,8H,2,5H2,1H3. The first kappa shape index (κ1) is 51.3. The zero-order valence-electron chi connectivity index (χ0n) is 32.8. The van der Waals surface area contributed by atoms with Gasteiger partial charge in [-0.2, -0.15) is 12.6 Å². The average Bonchev–Trinajstić information content (AvgIpc) is 3.23. The zero-order chi connectivity index (χ0) is 43.5. The summed E-state index contributed by atoms with van der Waals surface area (Å²) in [5, 5.41) is 6.06. The molecule has 6 aliphatic rings. The number of hydrogen-bond donors (Lipinski definition) is 4. The summed E-state index contributed by atoms with van der Waals surface area (Å²) in [5.41, 5.74) is 6.77. The summed E-state index contributed by atoms with van der Waals surface area (Å²) < 4.78 is 31.0. The lowest BCUT2D eigenvalue weighted by atomic mass is 9.98. The fraction of sp³-hybridized carbons (Fsp3) is 0.622. The van der Waals surface area contributed by atoms with E-state index in [4.69, 9.17) is 10.5 Å². The van der Waals surface area contributed by atoms with Crippen molar-refractivity contribution in [2.45, 2.75) is 100 Å². The van der Waals surface area contributed by atoms with E-state index in [-0.39, 0.29) is 46.7 Å². The van der Waals surface area contributed by atoms with Crippen LogP contribution in [0.3, 0.4) is 0 Å². The molecule has 4 atom stereocenters. The minimum absolute atomic E-state index is 0.0336. The van der Waals surface area contributed by atoms with Crippen LogP contribution in [-0.4, -0.2) is 120 Å². The highest BCUT2D eigenvalue weighted by atomic mass is 79.9. The Bertz CT molecular complexity index is 1690. The number of carbonyl (C=O) groups excluding carboxylic acids is 8. The molecule has 4 aliphatic carbocycles. The third-order valence-electron chi connectivity index (χ3n) is 8.98. The molecule has 4 unspecified atom stereocenters. The second-order valence-electron chi connectivity index (χ2n) is 13.1. The number of methoxy groups -OCH3 is 4. The molecule has 1 saturated carbocycles. The first-order valence-corrected chi connectivity index (χ1v) is 23.0. The van der Waals surface area contributed by atoms with E-state index in [1.165, 1.54) is 33.1 Å². The van der Waals surface area contributed by atoms with E-state index in [9.17, 15) is 42.6 Å². The highest BCUT2D eigenvalue weighted by Gasteiger charge is 2.36. The second-order valence-corrected chi connectivity index (χ2v) is 17.6. The molecule has 0 amide bonds. The van der Waals surface area contributed by atoms with E-state index in [0.29, 0.717) is 65.1 Å². The molecule has 21 heteroatoms. The number of nitrogens with one attached hydrogen (secondary N) is 2. The predicted molar refractivity (Wildman–Crippen MR) is 227 cm³/mol. The van der Waals surface area contributed by atoms with Crippen molar-refractivity contribution in [1.29, 1.82) is 0 Å². The van der Waals surface area contributed by atoms with Gasteiger partial charge >= 0.3 is 17.9 Å². The molecule has 0 aromatic carbocycles. The van der Waals surface area contributed by atoms with Crippen LogP contribution in [0.4, 0.5) is 0 Å². The molecule has 2 aliphatic heterocycles. The fourth-order valence-electron chi connectivity index (χ4n) is 5.87. The first-order chi connectivity index (χ1) is 27.5. The lowest BCUT2D eigenvalue weighted by molar-refractivity contribution is -0.143. The summed E-state index contributed by atoms with van der Waals surface area (Å²) in [6.07, 6.45) is 8.54. The van der Waals surface area contributed by atoms with Crippen molar-refractivity contribution in [3.8, 4) is 0 Å². The molecule has 2 heterocycles. The number of nitrogens with two attached hydrogens (primary N) is 1. The Kier molecular flexibility index (Phi) is 23.3. The van der Waals surface area contributed by atoms with Gasteiger partial charge in [-0.25, -0.2) is 9.59 Å². The van der Waals surface area contributed by atoms with Crippen LogP contribution in [0.1, 0.15) is 77.0 Å². The summed E-state index contributed by atoms with van der Waals surface area (Å²) >= 11 is 11.5. The topological polar surface area (TPSA) is 241 Å². The molecule has 1 fully saturated rings. The van der Waals surface area contributed by atoms with E-state index >= 15 is 0 Å². The van der Waals surface area contributed by atoms with Crippen molar-refractivity contribution in [1.82, 2.24) is 10.6 Å². The number of halogens is 2. The normalized spacial score (nSPS) is 23.4. The number of hydrogen-bond acceptors (Lipinski definition) is 18. The molecule has 16 nitrogen and oxygen atoms in total. The Labute approximate surface area is 366 Å². The van der Waals surface area contributed by atoms with Gasteiger partial charge < -0.3 is 35.3 Å². The third kappa shape index (κ3) is 15.6. The number of ketones is 5. The maximum Gasteiger partial charge on any atom is 0.329 e. The summed E-state index contributed by atoms with van der Waals surface area (Å²) in [6, 6.07) is -1.47. The van der Waals surface area contributed by atoms with E-state index in [2.05, 4.69) is 69.3 Å². The highest BCUT2D eigenvalue weighted by molar-refractivity contribution is 9.12. The molecule has 0 aromatic heterocycles. The maximum absolute atomic E-state index is 11.9. The van der Waals surface area contributed by atoms with Gasteiger partial charge in [0.05, 0.1) is 54.4 Å². The minimum Gasteiger partial charge on any atom is -0.500 e. The molecule has 0 radical (unpaired) electrons. The van der Waals surface area contributed by atoms with Gasteiger partial charge in [-0.15, -0.1) is 11.8 Å². The maximum atomic E-state index is 11.9. The van der Waals surface area contributed by atoms with Crippen LogP contribution in [0.5, 0.6) is 0 Å². The highest BCUT2D eigenvalue weighted by Crippen LogP contribution is 2.33. The number of thiol groups is 1. The molecule has 324 valence electrons. The van der Waals surface area contributed by atoms with Crippen molar-refractivity contribution in [2.75, 3.05) is 45.7 Å². The fourth-order valence-corrected chi connectivity index (χ4v) is 9.66. The Morgan fingerprint density at radius 3 is 1.81 bits per heavy atom. The molecule has 6 rings (SSSR count). The molecule has 58 heavy (non-hydrogen) atoms. The van der Waals surface area contributed by atoms with Gasteiger partial charge in [0.2, 0.25) is 0 Å². The summed E-state index contributed by atoms with van der Waals surface area (Å²) in [7, 11) is 4.19. The van der Waals surface area contributed by atoms with E-state index in [1.54, 1.807) is 7.11 Å². The average molecular weight is 1000 g/mol. The van der Waals surface area contributed by atoms with Crippen LogP contribution >= 0.6 is 56.3 Å². The van der Waals surface area contributed by atoms with Crippen LogP contribution in [0, 0.1) is 0 Å². The quantitative estimate of drug-likeness (QED) is 0.102. The number of esters is 3. The van der Waals surface area contributed by atoms with Gasteiger partial charge in [-0.1, -0.05) is 15.9 Å². The smallest absolute Gasteiger partial charge is 0.329 e. The van der Waals surface area contributed by atoms with Gasteiger partial charge in [-0.3, -0.25) is 33.0 Å². The lowest BCUT2D eigenvalue weighted by Crippen LogP contribution is -2.47. The molecule has 4 N–H and O–H groups in total. The van der Waals surface area contributed by atoms with E-state index < -0.39 is 39.6 Å². The van der Waals surface area contributed by atoms with Crippen LogP contribution in [0.2, 0.25) is 0 Å². The molecular weight excluding hydrogens is 950 g/mol. The van der Waals surface area contributed by atoms with Crippen LogP contribution < -0.4 is 16.4 Å². The number of carbonyl (C=O) groups is 8. The number of Topliss-reactive ketones (excluding diaryl/α,β-unsaturated/α-hetero) is 5. The summed E-state index contributed by atoms with van der Waals surface area (Å²) in [4.78, 5) is 89.3. The Morgan fingerprint density at radius 2 is 1.29 bits per heavy atom. The van der Waals surface area contributed by atoms with Crippen LogP contribution in [-0.2, 0) is 68.1 Å². The predicted octanol–water partition coefficient (Wildman–Crippen LogP) is 3.15. The zero-order valence-corrected chi connectivity index (χ0v) is 38.5. The summed E-state index contributed by atoms with van der Waals surface area (Å²) in [5.74, 6) is 1.08. The van der Waals surface area contributed by atoms with Crippen molar-refractivity contribution >= 4 is 114 Å². The number of thioether (sulfide) groups is 1. The molecule has 0 bridgehead atoms. The Balaban J connectivity index is 0.000000257. The lowest BCUT2D eigenvalue weighted by Gasteiger charge is -2.29. The van der Waals surface area contributed by atoms with Crippen molar-refractivity contribution in [3.05, 3.63) is 31.4 Å². The largest absolute Gasteiger partial charge is 0.500 e. The van der Waals surface area contributed by atoms with E-state index in [1.807, 2.05) is 0 Å². The molecular formula is C37H51Br2N3O13S3. The van der Waals surface area contributed by atoms with Crippen molar-refractivity contribution < 1.29 is 61.5 Å². The van der Waals surface area contributed by atoms with Crippen molar-refractivity contribution in [2.24, 2.45) is 5.73 Å². The van der Waals surface area contributed by atoms with Gasteiger partial charge in [0.15, 0.2) is 28.9 Å². The third-order valence-corrected chi connectivity index (χ3v) is 14.1. The van der Waals surface area contributed by atoms with Crippen LogP contribution in [0.25, 0.3) is 0 Å². The minimum atomic E-state index is -1.37. The van der Waals surface area contributed by atoms with Gasteiger partial charge in [0, 0.05) is 61.4 Å². The second kappa shape index (κ2) is 26.4. The number of rotatable bonds is 5. The van der Waals surface area contributed by atoms with Crippen LogP contribution in [0.15, 0.2) is 31.4 Å². The monoisotopic (exact) mass is 999 g/mol. The van der Waals surface area contributed by atoms with Crippen molar-refractivity contribution in [3.63, 3.8) is 0 Å². The van der Waals surface area contributed by atoms with E-state index in [0.717, 1.165) is 54.9 Å². The Morgan fingerprint density at radius 1 is 0.776 bits per heavy atom. The molecule has 0 saturated heterocycles. The van der Waals surface area contributed by atoms with Gasteiger partial charge in [0.1, 0.15) is 33.6 Å². The molecule has 0 spiro atoms. The first-order valence-electron chi connectivity index (χ1n) is 18.4.